The predicted octanol–water partition coefficient (Wildman–Crippen LogP) is 2.27. The zero-order valence-corrected chi connectivity index (χ0v) is 13.7. The molecule has 1 fully saturated rings. The Morgan fingerprint density at radius 2 is 2.24 bits per heavy atom. The summed E-state index contributed by atoms with van der Waals surface area (Å²) in [4.78, 5) is 9.35. The summed E-state index contributed by atoms with van der Waals surface area (Å²) in [6.07, 6.45) is 2.72. The molecule has 0 bridgehead atoms. The van der Waals surface area contributed by atoms with E-state index in [1.54, 1.807) is 22.7 Å². The van der Waals surface area contributed by atoms with Crippen molar-refractivity contribution >= 4 is 22.7 Å². The number of aliphatic hydroxyl groups is 1. The number of aromatic nitrogens is 1. The zero-order chi connectivity index (χ0) is 14.5. The Bertz CT molecular complexity index is 515. The first kappa shape index (κ1) is 15.1. The van der Waals surface area contributed by atoms with Crippen LogP contribution in [0.25, 0.3) is 0 Å². The number of hydrogen-bond donors (Lipinski definition) is 1. The second-order valence-electron chi connectivity index (χ2n) is 5.43. The Morgan fingerprint density at radius 3 is 2.95 bits per heavy atom. The van der Waals surface area contributed by atoms with Crippen LogP contribution in [-0.4, -0.2) is 52.2 Å². The van der Waals surface area contributed by atoms with Gasteiger partial charge in [0.15, 0.2) is 0 Å². The van der Waals surface area contributed by atoms with E-state index >= 15 is 0 Å². The summed E-state index contributed by atoms with van der Waals surface area (Å²) in [6, 6.07) is 2.63. The average molecular weight is 323 g/mol. The molecule has 0 radical (unpaired) electrons. The summed E-state index contributed by atoms with van der Waals surface area (Å²) < 4.78 is 0. The normalized spacial score (nSPS) is 20.9. The van der Waals surface area contributed by atoms with E-state index in [1.807, 2.05) is 11.6 Å². The Labute approximate surface area is 133 Å². The van der Waals surface area contributed by atoms with Crippen molar-refractivity contribution < 1.29 is 5.11 Å². The zero-order valence-electron chi connectivity index (χ0n) is 12.0. The highest BCUT2D eigenvalue weighted by molar-refractivity contribution is 7.09. The molecule has 1 aliphatic rings. The monoisotopic (exact) mass is 323 g/mol. The molecule has 21 heavy (non-hydrogen) atoms. The largest absolute Gasteiger partial charge is 0.396 e. The smallest absolute Gasteiger partial charge is 0.107 e. The summed E-state index contributed by atoms with van der Waals surface area (Å²) in [5.74, 6) is 0. The highest BCUT2D eigenvalue weighted by atomic mass is 32.1. The van der Waals surface area contributed by atoms with E-state index in [1.165, 1.54) is 10.6 Å². The van der Waals surface area contributed by atoms with Crippen LogP contribution in [0.3, 0.4) is 0 Å². The van der Waals surface area contributed by atoms with Gasteiger partial charge in [-0.05, 0) is 28.8 Å². The van der Waals surface area contributed by atoms with Gasteiger partial charge in [0, 0.05) is 50.4 Å². The lowest BCUT2D eigenvalue weighted by Gasteiger charge is -2.41. The Kier molecular flexibility index (Phi) is 5.38. The third kappa shape index (κ3) is 4.11. The molecule has 2 aromatic rings. The number of hydrogen-bond acceptors (Lipinski definition) is 6. The van der Waals surface area contributed by atoms with Crippen molar-refractivity contribution in [1.82, 2.24) is 14.8 Å². The van der Waals surface area contributed by atoms with Gasteiger partial charge >= 0.3 is 0 Å². The average Bonchev–Trinajstić information content (AvgIpc) is 3.15. The standard InChI is InChI=1S/C15H21N3OS2/c19-6-1-14-10-17(11-15-16-3-8-21-15)4-5-18(14)9-13-2-7-20-12-13/h2-3,7-8,12,14,19H,1,4-6,9-11H2. The van der Waals surface area contributed by atoms with Crippen LogP contribution in [0, 0.1) is 0 Å². The molecule has 0 amide bonds. The fraction of sp³-hybridized carbons (Fsp3) is 0.533. The first-order chi connectivity index (χ1) is 10.3. The number of nitrogens with zero attached hydrogens (tertiary/aromatic N) is 3. The van der Waals surface area contributed by atoms with Gasteiger partial charge in [-0.2, -0.15) is 11.3 Å². The lowest BCUT2D eigenvalue weighted by atomic mass is 10.1. The molecule has 1 aliphatic heterocycles. The van der Waals surface area contributed by atoms with Gasteiger partial charge in [-0.25, -0.2) is 4.98 Å². The van der Waals surface area contributed by atoms with Gasteiger partial charge in [0.05, 0.1) is 6.54 Å². The van der Waals surface area contributed by atoms with Crippen molar-refractivity contribution in [3.8, 4) is 0 Å². The van der Waals surface area contributed by atoms with Crippen LogP contribution >= 0.6 is 22.7 Å². The molecule has 3 rings (SSSR count). The lowest BCUT2D eigenvalue weighted by molar-refractivity contribution is 0.0500. The fourth-order valence-corrected chi connectivity index (χ4v) is 4.19. The molecule has 0 saturated carbocycles. The predicted molar refractivity (Wildman–Crippen MR) is 87.6 cm³/mol. The van der Waals surface area contributed by atoms with E-state index in [4.69, 9.17) is 0 Å². The van der Waals surface area contributed by atoms with Crippen molar-refractivity contribution in [2.45, 2.75) is 25.6 Å². The SMILES string of the molecule is OCCC1CN(Cc2nccs2)CCN1Cc1ccsc1. The van der Waals surface area contributed by atoms with E-state index in [0.29, 0.717) is 6.04 Å². The summed E-state index contributed by atoms with van der Waals surface area (Å²) in [5.41, 5.74) is 1.39. The van der Waals surface area contributed by atoms with Gasteiger partial charge in [-0.1, -0.05) is 0 Å². The maximum absolute atomic E-state index is 9.35. The second-order valence-corrected chi connectivity index (χ2v) is 7.19. The fourth-order valence-electron chi connectivity index (χ4n) is 2.87. The van der Waals surface area contributed by atoms with Crippen molar-refractivity contribution in [3.63, 3.8) is 0 Å². The summed E-state index contributed by atoms with van der Waals surface area (Å²) in [5, 5.41) is 16.9. The van der Waals surface area contributed by atoms with E-state index in [2.05, 4.69) is 31.6 Å². The van der Waals surface area contributed by atoms with E-state index in [0.717, 1.165) is 39.1 Å². The molecule has 3 heterocycles. The molecule has 2 aromatic heterocycles. The first-order valence-electron chi connectivity index (χ1n) is 7.32. The number of thiophene rings is 1. The third-order valence-corrected chi connectivity index (χ3v) is 5.46. The van der Waals surface area contributed by atoms with E-state index in [9.17, 15) is 5.11 Å². The maximum atomic E-state index is 9.35. The molecular formula is C15H21N3OS2. The summed E-state index contributed by atoms with van der Waals surface area (Å²) in [7, 11) is 0. The number of piperazine rings is 1. The van der Waals surface area contributed by atoms with Crippen LogP contribution < -0.4 is 0 Å². The van der Waals surface area contributed by atoms with Gasteiger partial charge < -0.3 is 5.11 Å². The second kappa shape index (κ2) is 7.47. The van der Waals surface area contributed by atoms with Gasteiger partial charge in [-0.3, -0.25) is 9.80 Å². The van der Waals surface area contributed by atoms with Gasteiger partial charge in [0.2, 0.25) is 0 Å². The van der Waals surface area contributed by atoms with E-state index in [-0.39, 0.29) is 6.61 Å². The topological polar surface area (TPSA) is 39.6 Å². The van der Waals surface area contributed by atoms with Crippen molar-refractivity contribution in [2.24, 2.45) is 0 Å². The Morgan fingerprint density at radius 1 is 1.29 bits per heavy atom. The third-order valence-electron chi connectivity index (χ3n) is 3.96. The number of rotatable bonds is 6. The summed E-state index contributed by atoms with van der Waals surface area (Å²) >= 11 is 3.47. The molecular weight excluding hydrogens is 302 g/mol. The quantitative estimate of drug-likeness (QED) is 0.885. The van der Waals surface area contributed by atoms with Crippen LogP contribution in [0.15, 0.2) is 28.4 Å². The van der Waals surface area contributed by atoms with Crippen LogP contribution in [0.2, 0.25) is 0 Å². The molecule has 0 aliphatic carbocycles. The van der Waals surface area contributed by atoms with Gasteiger partial charge in [0.25, 0.3) is 0 Å². The Balaban J connectivity index is 1.59. The molecule has 0 spiro atoms. The summed E-state index contributed by atoms with van der Waals surface area (Å²) in [6.45, 7) is 5.35. The van der Waals surface area contributed by atoms with Crippen LogP contribution in [-0.2, 0) is 13.1 Å². The van der Waals surface area contributed by atoms with Crippen LogP contribution in [0.5, 0.6) is 0 Å². The molecule has 1 atom stereocenters. The molecule has 6 heteroatoms. The van der Waals surface area contributed by atoms with Crippen molar-refractivity contribution in [1.29, 1.82) is 0 Å². The van der Waals surface area contributed by atoms with Gasteiger partial charge in [0.1, 0.15) is 5.01 Å². The van der Waals surface area contributed by atoms with Crippen molar-refractivity contribution in [3.05, 3.63) is 39.0 Å². The highest BCUT2D eigenvalue weighted by Gasteiger charge is 2.27. The molecule has 1 N–H and O–H groups in total. The minimum Gasteiger partial charge on any atom is -0.396 e. The molecule has 114 valence electrons. The van der Waals surface area contributed by atoms with Crippen LogP contribution in [0.1, 0.15) is 17.0 Å². The van der Waals surface area contributed by atoms with Crippen LogP contribution in [0.4, 0.5) is 0 Å². The first-order valence-corrected chi connectivity index (χ1v) is 9.14. The highest BCUT2D eigenvalue weighted by Crippen LogP contribution is 2.19. The molecule has 1 unspecified atom stereocenters. The Hall–Kier alpha value is -0.790. The molecule has 1 saturated heterocycles. The molecule has 4 nitrogen and oxygen atoms in total. The maximum Gasteiger partial charge on any atom is 0.107 e. The number of aliphatic hydroxyl groups excluding tert-OH is 1. The molecule has 0 aromatic carbocycles. The number of thiazole rings is 1. The van der Waals surface area contributed by atoms with E-state index < -0.39 is 0 Å². The minimum atomic E-state index is 0.260. The van der Waals surface area contributed by atoms with Crippen molar-refractivity contribution in [2.75, 3.05) is 26.2 Å². The lowest BCUT2D eigenvalue weighted by Crippen LogP contribution is -2.52. The van der Waals surface area contributed by atoms with Gasteiger partial charge in [-0.15, -0.1) is 11.3 Å². The minimum absolute atomic E-state index is 0.260.